The van der Waals surface area contributed by atoms with Crippen LogP contribution in [-0.4, -0.2) is 58.6 Å². The molecule has 2 heterocycles. The minimum atomic E-state index is -1.06. The van der Waals surface area contributed by atoms with Crippen molar-refractivity contribution in [3.05, 3.63) is 71.3 Å². The molecule has 3 amide bonds. The zero-order chi connectivity index (χ0) is 27.5. The minimum Gasteiger partial charge on any atom is -0.392 e. The molecule has 2 atom stereocenters. The van der Waals surface area contributed by atoms with Gasteiger partial charge >= 0.3 is 0 Å². The van der Waals surface area contributed by atoms with Crippen LogP contribution in [0.3, 0.4) is 0 Å². The number of hydrazone groups is 1. The van der Waals surface area contributed by atoms with Crippen LogP contribution in [0.5, 0.6) is 0 Å². The van der Waals surface area contributed by atoms with E-state index in [0.717, 1.165) is 22.4 Å². The molecule has 8 nitrogen and oxygen atoms in total. The van der Waals surface area contributed by atoms with Crippen molar-refractivity contribution in [2.24, 2.45) is 27.6 Å². The van der Waals surface area contributed by atoms with Gasteiger partial charge in [-0.15, -0.1) is 0 Å². The molecule has 0 radical (unpaired) electrons. The number of primary amides is 1. The fraction of sp³-hybridized carbons (Fsp3) is 0.467. The number of carbonyl (C=O) groups excluding carboxylic acids is 3. The largest absolute Gasteiger partial charge is 0.392 e. The second-order valence-electron chi connectivity index (χ2n) is 11.1. The molecule has 202 valence electrons. The first-order valence-electron chi connectivity index (χ1n) is 13.3. The molecule has 1 saturated heterocycles. The summed E-state index contributed by atoms with van der Waals surface area (Å²) in [6.45, 7) is 4.07. The summed E-state index contributed by atoms with van der Waals surface area (Å²) >= 11 is 0. The summed E-state index contributed by atoms with van der Waals surface area (Å²) in [6, 6.07) is 17.5. The van der Waals surface area contributed by atoms with E-state index in [4.69, 9.17) is 5.73 Å². The van der Waals surface area contributed by atoms with Crippen molar-refractivity contribution in [3.8, 4) is 0 Å². The quantitative estimate of drug-likeness (QED) is 0.503. The Bertz CT molecular complexity index is 1230. The Morgan fingerprint density at radius 3 is 2.42 bits per heavy atom. The van der Waals surface area contributed by atoms with Gasteiger partial charge in [0.05, 0.1) is 23.7 Å². The maximum atomic E-state index is 14.1. The lowest BCUT2D eigenvalue weighted by Crippen LogP contribution is -2.58. The number of piperidine rings is 1. The molecule has 0 bridgehead atoms. The fourth-order valence-electron chi connectivity index (χ4n) is 5.85. The Kier molecular flexibility index (Phi) is 8.02. The van der Waals surface area contributed by atoms with Gasteiger partial charge in [0.25, 0.3) is 5.91 Å². The number of aliphatic hydroxyl groups is 1. The second kappa shape index (κ2) is 11.1. The Balaban J connectivity index is 1.58. The molecule has 0 aliphatic carbocycles. The summed E-state index contributed by atoms with van der Waals surface area (Å²) in [6.07, 6.45) is 2.75. The van der Waals surface area contributed by atoms with Crippen molar-refractivity contribution in [1.82, 2.24) is 9.91 Å². The first-order valence-corrected chi connectivity index (χ1v) is 13.3. The van der Waals surface area contributed by atoms with Crippen LogP contribution in [0.15, 0.2) is 59.7 Å². The van der Waals surface area contributed by atoms with Crippen molar-refractivity contribution in [3.63, 3.8) is 0 Å². The molecule has 1 fully saturated rings. The summed E-state index contributed by atoms with van der Waals surface area (Å²) in [5, 5.41) is 15.6. The van der Waals surface area contributed by atoms with Crippen molar-refractivity contribution < 1.29 is 19.5 Å². The second-order valence-corrected chi connectivity index (χ2v) is 11.1. The lowest BCUT2D eigenvalue weighted by Gasteiger charge is -2.42. The van der Waals surface area contributed by atoms with E-state index in [-0.39, 0.29) is 25.0 Å². The SMILES string of the molecule is CN1N=C2CCN(C(=O)[C@H](CCCc3ccccc3CO)C(C)(C)C(N)=O)C[C@@]2(Cc2ccccc2)C1=O. The highest BCUT2D eigenvalue weighted by Gasteiger charge is 2.54. The van der Waals surface area contributed by atoms with Crippen molar-refractivity contribution >= 4 is 23.4 Å². The van der Waals surface area contributed by atoms with E-state index in [1.54, 1.807) is 25.8 Å². The molecule has 0 unspecified atom stereocenters. The normalized spacial score (nSPS) is 20.2. The maximum absolute atomic E-state index is 14.1. The van der Waals surface area contributed by atoms with E-state index in [2.05, 4.69) is 5.10 Å². The Morgan fingerprint density at radius 2 is 1.76 bits per heavy atom. The number of hydrogen-bond acceptors (Lipinski definition) is 5. The molecule has 8 heteroatoms. The highest BCUT2D eigenvalue weighted by molar-refractivity contribution is 6.13. The molecule has 3 N–H and O–H groups in total. The smallest absolute Gasteiger partial charge is 0.256 e. The fourth-order valence-corrected chi connectivity index (χ4v) is 5.85. The number of nitrogens with zero attached hydrogens (tertiary/aromatic N) is 3. The highest BCUT2D eigenvalue weighted by atomic mass is 16.3. The molecule has 4 rings (SSSR count). The van der Waals surface area contributed by atoms with Crippen LogP contribution in [-0.2, 0) is 33.8 Å². The summed E-state index contributed by atoms with van der Waals surface area (Å²) in [4.78, 5) is 41.8. The van der Waals surface area contributed by atoms with Gasteiger partial charge < -0.3 is 15.7 Å². The van der Waals surface area contributed by atoms with Crippen molar-refractivity contribution in [2.45, 2.75) is 52.6 Å². The summed E-state index contributed by atoms with van der Waals surface area (Å²) in [5.41, 5.74) is 7.53. The predicted octanol–water partition coefficient (Wildman–Crippen LogP) is 2.92. The lowest BCUT2D eigenvalue weighted by molar-refractivity contribution is -0.148. The number of amides is 3. The zero-order valence-corrected chi connectivity index (χ0v) is 22.5. The van der Waals surface area contributed by atoms with Gasteiger partial charge in [-0.1, -0.05) is 68.4 Å². The van der Waals surface area contributed by atoms with Crippen molar-refractivity contribution in [2.75, 3.05) is 20.1 Å². The Labute approximate surface area is 224 Å². The average molecular weight is 519 g/mol. The van der Waals surface area contributed by atoms with Gasteiger partial charge in [-0.25, -0.2) is 5.01 Å². The number of benzene rings is 2. The van der Waals surface area contributed by atoms with Gasteiger partial charge in [0.15, 0.2) is 0 Å². The number of aliphatic hydroxyl groups excluding tert-OH is 1. The van der Waals surface area contributed by atoms with Gasteiger partial charge in [0.2, 0.25) is 11.8 Å². The number of fused-ring (bicyclic) bond motifs is 1. The maximum Gasteiger partial charge on any atom is 0.256 e. The number of likely N-dealkylation sites (tertiary alicyclic amines) is 1. The van der Waals surface area contributed by atoms with Gasteiger partial charge in [-0.3, -0.25) is 14.4 Å². The monoisotopic (exact) mass is 518 g/mol. The van der Waals surface area contributed by atoms with E-state index < -0.39 is 22.7 Å². The first-order chi connectivity index (χ1) is 18.1. The molecule has 38 heavy (non-hydrogen) atoms. The lowest BCUT2D eigenvalue weighted by atomic mass is 9.71. The van der Waals surface area contributed by atoms with E-state index in [1.807, 2.05) is 54.6 Å². The number of nitrogens with two attached hydrogens (primary N) is 1. The van der Waals surface area contributed by atoms with Gasteiger partial charge in [0, 0.05) is 26.6 Å². The molecule has 2 aromatic rings. The zero-order valence-electron chi connectivity index (χ0n) is 22.5. The summed E-state index contributed by atoms with van der Waals surface area (Å²) < 4.78 is 0. The number of rotatable bonds is 10. The van der Waals surface area contributed by atoms with Crippen LogP contribution in [0.25, 0.3) is 0 Å². The summed E-state index contributed by atoms with van der Waals surface area (Å²) in [7, 11) is 1.66. The number of aryl methyl sites for hydroxylation is 1. The Morgan fingerprint density at radius 1 is 1.11 bits per heavy atom. The topological polar surface area (TPSA) is 116 Å². The molecule has 0 spiro atoms. The van der Waals surface area contributed by atoms with Crippen LogP contribution < -0.4 is 5.73 Å². The molecule has 0 aromatic heterocycles. The van der Waals surface area contributed by atoms with E-state index in [0.29, 0.717) is 38.6 Å². The van der Waals surface area contributed by atoms with Crippen LogP contribution in [0.1, 0.15) is 49.8 Å². The van der Waals surface area contributed by atoms with E-state index in [9.17, 15) is 19.5 Å². The number of hydrogen-bond donors (Lipinski definition) is 2. The molecular weight excluding hydrogens is 480 g/mol. The average Bonchev–Trinajstić information content (AvgIpc) is 3.15. The third-order valence-corrected chi connectivity index (χ3v) is 8.30. The summed E-state index contributed by atoms with van der Waals surface area (Å²) in [5.74, 6) is -1.43. The molecule has 0 saturated carbocycles. The molecule has 2 aliphatic rings. The van der Waals surface area contributed by atoms with Crippen LogP contribution >= 0.6 is 0 Å². The molecule has 2 aliphatic heterocycles. The van der Waals surface area contributed by atoms with Crippen LogP contribution in [0, 0.1) is 16.7 Å². The van der Waals surface area contributed by atoms with Gasteiger partial charge in [-0.05, 0) is 42.4 Å². The third kappa shape index (κ3) is 5.23. The molecule has 2 aromatic carbocycles. The predicted molar refractivity (Wildman–Crippen MR) is 146 cm³/mol. The van der Waals surface area contributed by atoms with Crippen LogP contribution in [0.2, 0.25) is 0 Å². The number of carbonyl (C=O) groups is 3. The minimum absolute atomic E-state index is 0.0467. The van der Waals surface area contributed by atoms with Crippen LogP contribution in [0.4, 0.5) is 0 Å². The van der Waals surface area contributed by atoms with Crippen molar-refractivity contribution in [1.29, 1.82) is 0 Å². The Hall–Kier alpha value is -3.52. The third-order valence-electron chi connectivity index (χ3n) is 8.30. The first kappa shape index (κ1) is 27.5. The van der Waals surface area contributed by atoms with E-state index >= 15 is 0 Å². The van der Waals surface area contributed by atoms with Gasteiger partial charge in [0.1, 0.15) is 5.41 Å². The van der Waals surface area contributed by atoms with E-state index in [1.165, 1.54) is 5.01 Å². The van der Waals surface area contributed by atoms with Gasteiger partial charge in [-0.2, -0.15) is 5.10 Å². The highest BCUT2D eigenvalue weighted by Crippen LogP contribution is 2.40. The standard InChI is InChI=1S/C30H38N4O4/c1-29(2,27(31)37)24(15-9-14-22-12-7-8-13-23(22)19-35)26(36)34-17-16-25-30(20-34,28(38)33(3)32-25)18-21-10-5-4-6-11-21/h4-8,10-13,24,35H,9,14-20H2,1-3H3,(H2,31,37)/t24-,30+/m0/s1. The molecular formula is C30H38N4O4.